The molecule has 0 aliphatic heterocycles. The summed E-state index contributed by atoms with van der Waals surface area (Å²) >= 11 is 1.70. The van der Waals surface area contributed by atoms with Gasteiger partial charge in [-0.05, 0) is 17.9 Å². The van der Waals surface area contributed by atoms with E-state index in [0.29, 0.717) is 5.96 Å². The molecule has 1 rings (SSSR count). The molecule has 0 aliphatic rings. The van der Waals surface area contributed by atoms with Crippen molar-refractivity contribution in [1.82, 2.24) is 15.5 Å². The van der Waals surface area contributed by atoms with Gasteiger partial charge in [-0.3, -0.25) is 4.79 Å². The van der Waals surface area contributed by atoms with Crippen LogP contribution in [0.15, 0.2) is 22.5 Å². The number of likely N-dealkylation sites (N-methyl/N-ethyl adjacent to an activating group) is 1. The van der Waals surface area contributed by atoms with Crippen LogP contribution in [0.3, 0.4) is 0 Å². The van der Waals surface area contributed by atoms with Crippen LogP contribution in [0.4, 0.5) is 0 Å². The van der Waals surface area contributed by atoms with E-state index >= 15 is 0 Å². The van der Waals surface area contributed by atoms with E-state index in [4.69, 9.17) is 0 Å². The van der Waals surface area contributed by atoms with Crippen molar-refractivity contribution in [2.45, 2.75) is 26.3 Å². The first-order valence-corrected chi connectivity index (χ1v) is 7.76. The third-order valence-electron chi connectivity index (χ3n) is 2.70. The molecule has 0 saturated carbocycles. The summed E-state index contributed by atoms with van der Waals surface area (Å²) in [6.07, 6.45) is 2.21. The van der Waals surface area contributed by atoms with Gasteiger partial charge in [-0.1, -0.05) is 19.4 Å². The van der Waals surface area contributed by atoms with E-state index in [1.807, 2.05) is 11.4 Å². The molecular formula is C14H24N4OS. The molecule has 112 valence electrons. The van der Waals surface area contributed by atoms with Crippen molar-refractivity contribution in [1.29, 1.82) is 0 Å². The monoisotopic (exact) mass is 296 g/mol. The van der Waals surface area contributed by atoms with E-state index in [9.17, 15) is 4.79 Å². The fourth-order valence-electron chi connectivity index (χ4n) is 1.43. The normalized spacial score (nSPS) is 11.2. The predicted molar refractivity (Wildman–Crippen MR) is 85.1 cm³/mol. The Labute approximate surface area is 125 Å². The van der Waals surface area contributed by atoms with Crippen LogP contribution in [0.25, 0.3) is 0 Å². The molecule has 0 bridgehead atoms. The maximum absolute atomic E-state index is 11.6. The average molecular weight is 296 g/mol. The van der Waals surface area contributed by atoms with Crippen LogP contribution in [0.2, 0.25) is 0 Å². The Hall–Kier alpha value is -1.56. The first-order valence-electron chi connectivity index (χ1n) is 6.88. The molecule has 0 aromatic carbocycles. The van der Waals surface area contributed by atoms with Crippen LogP contribution in [0, 0.1) is 0 Å². The number of guanidine groups is 1. The highest BCUT2D eigenvalue weighted by Crippen LogP contribution is 2.07. The number of unbranched alkanes of at least 4 members (excludes halogenated alkanes) is 1. The summed E-state index contributed by atoms with van der Waals surface area (Å²) in [7, 11) is 3.47. The molecule has 0 saturated heterocycles. The lowest BCUT2D eigenvalue weighted by atomic mass is 10.3. The summed E-state index contributed by atoms with van der Waals surface area (Å²) in [4.78, 5) is 18.7. The second kappa shape index (κ2) is 9.36. The van der Waals surface area contributed by atoms with Gasteiger partial charge in [0, 0.05) is 25.5 Å². The maximum Gasteiger partial charge on any atom is 0.243 e. The highest BCUT2D eigenvalue weighted by Gasteiger charge is 2.04. The van der Waals surface area contributed by atoms with Gasteiger partial charge >= 0.3 is 0 Å². The molecule has 1 amide bonds. The summed E-state index contributed by atoms with van der Waals surface area (Å²) in [5.74, 6) is 0.694. The number of nitrogens with one attached hydrogen (secondary N) is 2. The molecule has 1 aromatic heterocycles. The van der Waals surface area contributed by atoms with Crippen molar-refractivity contribution >= 4 is 23.2 Å². The van der Waals surface area contributed by atoms with Crippen molar-refractivity contribution < 1.29 is 4.79 Å². The third kappa shape index (κ3) is 6.56. The number of thiophene rings is 1. The minimum atomic E-state index is -0.00212. The van der Waals surface area contributed by atoms with Crippen LogP contribution in [-0.2, 0) is 11.3 Å². The quantitative estimate of drug-likeness (QED) is 0.457. The summed E-state index contributed by atoms with van der Waals surface area (Å²) in [6, 6.07) is 4.10. The van der Waals surface area contributed by atoms with Crippen molar-refractivity contribution in [2.75, 3.05) is 27.2 Å². The second-order valence-electron chi connectivity index (χ2n) is 4.67. The molecule has 1 heterocycles. The van der Waals surface area contributed by atoms with E-state index in [1.165, 1.54) is 4.88 Å². The van der Waals surface area contributed by atoms with E-state index in [1.54, 1.807) is 30.3 Å². The average Bonchev–Trinajstić information content (AvgIpc) is 2.94. The van der Waals surface area contributed by atoms with Crippen LogP contribution >= 0.6 is 11.3 Å². The number of nitrogens with zero attached hydrogens (tertiary/aromatic N) is 2. The fourth-order valence-corrected chi connectivity index (χ4v) is 2.07. The number of amides is 1. The second-order valence-corrected chi connectivity index (χ2v) is 5.70. The molecular weight excluding hydrogens is 272 g/mol. The SMILES string of the molecule is CCCCNC(=NCC(=O)N(C)C)NCc1cccs1. The van der Waals surface area contributed by atoms with Crippen molar-refractivity contribution in [3.05, 3.63) is 22.4 Å². The lowest BCUT2D eigenvalue weighted by molar-refractivity contribution is -0.127. The van der Waals surface area contributed by atoms with E-state index in [-0.39, 0.29) is 12.5 Å². The standard InChI is InChI=1S/C14H24N4OS/c1-4-5-8-15-14(17-11-13(19)18(2)3)16-10-12-7-6-9-20-12/h6-7,9H,4-5,8,10-11H2,1-3H3,(H2,15,16,17). The Morgan fingerprint density at radius 2 is 2.20 bits per heavy atom. The Balaban J connectivity index is 2.49. The number of aliphatic imine (C=N–C) groups is 1. The molecule has 1 aromatic rings. The topological polar surface area (TPSA) is 56.7 Å². The zero-order valence-corrected chi connectivity index (χ0v) is 13.3. The summed E-state index contributed by atoms with van der Waals surface area (Å²) < 4.78 is 0. The zero-order chi connectivity index (χ0) is 14.8. The van der Waals surface area contributed by atoms with Gasteiger partial charge in [0.05, 0.1) is 6.54 Å². The minimum absolute atomic E-state index is 0.00212. The van der Waals surface area contributed by atoms with E-state index in [2.05, 4.69) is 28.6 Å². The Bertz CT molecular complexity index is 415. The van der Waals surface area contributed by atoms with Crippen molar-refractivity contribution in [2.24, 2.45) is 4.99 Å². The third-order valence-corrected chi connectivity index (χ3v) is 3.58. The number of hydrogen-bond acceptors (Lipinski definition) is 3. The maximum atomic E-state index is 11.6. The number of carbonyl (C=O) groups excluding carboxylic acids is 1. The first-order chi connectivity index (χ1) is 9.63. The highest BCUT2D eigenvalue weighted by molar-refractivity contribution is 7.09. The first kappa shape index (κ1) is 16.5. The van der Waals surface area contributed by atoms with Gasteiger partial charge in [0.15, 0.2) is 5.96 Å². The van der Waals surface area contributed by atoms with Gasteiger partial charge < -0.3 is 15.5 Å². The number of rotatable bonds is 7. The smallest absolute Gasteiger partial charge is 0.243 e. The minimum Gasteiger partial charge on any atom is -0.356 e. The molecule has 0 unspecified atom stereocenters. The van der Waals surface area contributed by atoms with Crippen molar-refractivity contribution in [3.63, 3.8) is 0 Å². The lowest BCUT2D eigenvalue weighted by Crippen LogP contribution is -2.38. The predicted octanol–water partition coefficient (Wildman–Crippen LogP) is 1.67. The zero-order valence-electron chi connectivity index (χ0n) is 12.5. The van der Waals surface area contributed by atoms with Gasteiger partial charge in [-0.15, -0.1) is 11.3 Å². The van der Waals surface area contributed by atoms with Gasteiger partial charge in [0.1, 0.15) is 6.54 Å². The number of hydrogen-bond donors (Lipinski definition) is 2. The molecule has 0 atom stereocenters. The summed E-state index contributed by atoms with van der Waals surface area (Å²) in [5.41, 5.74) is 0. The highest BCUT2D eigenvalue weighted by atomic mass is 32.1. The molecule has 0 aliphatic carbocycles. The van der Waals surface area contributed by atoms with Gasteiger partial charge in [-0.25, -0.2) is 4.99 Å². The van der Waals surface area contributed by atoms with Crippen LogP contribution in [0.5, 0.6) is 0 Å². The Kier molecular flexibility index (Phi) is 7.72. The summed E-state index contributed by atoms with van der Waals surface area (Å²) in [6.45, 7) is 3.90. The molecule has 5 nitrogen and oxygen atoms in total. The fraction of sp³-hybridized carbons (Fsp3) is 0.571. The largest absolute Gasteiger partial charge is 0.356 e. The van der Waals surface area contributed by atoms with Gasteiger partial charge in [-0.2, -0.15) is 0 Å². The van der Waals surface area contributed by atoms with E-state index in [0.717, 1.165) is 25.9 Å². The van der Waals surface area contributed by atoms with Crippen LogP contribution < -0.4 is 10.6 Å². The van der Waals surface area contributed by atoms with Crippen LogP contribution in [0.1, 0.15) is 24.6 Å². The Morgan fingerprint density at radius 3 is 2.80 bits per heavy atom. The summed E-state index contributed by atoms with van der Waals surface area (Å²) in [5, 5.41) is 8.55. The molecule has 6 heteroatoms. The molecule has 0 spiro atoms. The van der Waals surface area contributed by atoms with Crippen LogP contribution in [-0.4, -0.2) is 44.0 Å². The Morgan fingerprint density at radius 1 is 1.40 bits per heavy atom. The molecule has 0 fully saturated rings. The van der Waals surface area contributed by atoms with Gasteiger partial charge in [0.25, 0.3) is 0 Å². The lowest BCUT2D eigenvalue weighted by Gasteiger charge is -2.13. The molecule has 20 heavy (non-hydrogen) atoms. The molecule has 0 radical (unpaired) electrons. The van der Waals surface area contributed by atoms with Gasteiger partial charge in [0.2, 0.25) is 5.91 Å². The van der Waals surface area contributed by atoms with E-state index < -0.39 is 0 Å². The van der Waals surface area contributed by atoms with Crippen molar-refractivity contribution in [3.8, 4) is 0 Å². The number of carbonyl (C=O) groups is 1. The molecule has 2 N–H and O–H groups in total.